The first-order valence-electron chi connectivity index (χ1n) is 8.64. The number of aromatic nitrogens is 2. The first kappa shape index (κ1) is 18.1. The van der Waals surface area contributed by atoms with Crippen molar-refractivity contribution in [2.75, 3.05) is 30.3 Å². The zero-order valence-corrected chi connectivity index (χ0v) is 15.7. The molecular weight excluding hydrogens is 348 g/mol. The zero-order valence-electron chi connectivity index (χ0n) is 14.9. The molecule has 6 nitrogen and oxygen atoms in total. The molecule has 2 heterocycles. The van der Waals surface area contributed by atoms with Gasteiger partial charge in [-0.2, -0.15) is 0 Å². The van der Waals surface area contributed by atoms with Crippen LogP contribution in [0.1, 0.15) is 28.6 Å². The van der Waals surface area contributed by atoms with Gasteiger partial charge in [-0.1, -0.05) is 18.2 Å². The van der Waals surface area contributed by atoms with Gasteiger partial charge in [0.15, 0.2) is 0 Å². The summed E-state index contributed by atoms with van der Waals surface area (Å²) in [5.41, 5.74) is 1.98. The van der Waals surface area contributed by atoms with E-state index >= 15 is 0 Å². The highest BCUT2D eigenvalue weighted by Crippen LogP contribution is 2.33. The predicted molar refractivity (Wildman–Crippen MR) is 106 cm³/mol. The summed E-state index contributed by atoms with van der Waals surface area (Å²) in [6.07, 6.45) is 2.46. The molecule has 2 N–H and O–H groups in total. The van der Waals surface area contributed by atoms with E-state index in [0.717, 1.165) is 46.8 Å². The lowest BCUT2D eigenvalue weighted by Crippen LogP contribution is -2.10. The second kappa shape index (κ2) is 8.62. The average molecular weight is 370 g/mol. The summed E-state index contributed by atoms with van der Waals surface area (Å²) >= 11 is 1.35. The topological polar surface area (TPSA) is 76.1 Å². The molecule has 0 aliphatic heterocycles. The molecule has 0 aliphatic rings. The molecule has 3 aromatic rings. The summed E-state index contributed by atoms with van der Waals surface area (Å²) < 4.78 is 5.13. The summed E-state index contributed by atoms with van der Waals surface area (Å²) in [5, 5.41) is 7.64. The first-order valence-corrected chi connectivity index (χ1v) is 9.46. The van der Waals surface area contributed by atoms with Gasteiger partial charge in [0.25, 0.3) is 0 Å². The molecule has 0 amide bonds. The number of ether oxygens (including phenoxy) is 1. The zero-order chi connectivity index (χ0) is 18.4. The van der Waals surface area contributed by atoms with E-state index in [1.165, 1.54) is 17.7 Å². The van der Waals surface area contributed by atoms with Crippen molar-refractivity contribution in [3.05, 3.63) is 47.1 Å². The van der Waals surface area contributed by atoms with Crippen LogP contribution >= 0.6 is 11.3 Å². The second-order valence-corrected chi connectivity index (χ2v) is 6.75. The van der Waals surface area contributed by atoms with Crippen molar-refractivity contribution in [2.24, 2.45) is 0 Å². The van der Waals surface area contributed by atoms with Crippen LogP contribution in [0.15, 0.2) is 36.7 Å². The number of aryl methyl sites for hydroxylation is 1. The smallest absolute Gasteiger partial charge is 0.348 e. The molecule has 7 heteroatoms. The molecule has 1 aromatic carbocycles. The first-order chi connectivity index (χ1) is 12.7. The number of thiophene rings is 1. The minimum atomic E-state index is -0.300. The van der Waals surface area contributed by atoms with Gasteiger partial charge in [0.2, 0.25) is 0 Å². The van der Waals surface area contributed by atoms with E-state index in [4.69, 9.17) is 4.74 Å². The number of benzene rings is 1. The summed E-state index contributed by atoms with van der Waals surface area (Å²) in [4.78, 5) is 22.1. The Labute approximate surface area is 156 Å². The van der Waals surface area contributed by atoms with Gasteiger partial charge in [-0.05, 0) is 38.0 Å². The molecule has 0 unspecified atom stereocenters. The van der Waals surface area contributed by atoms with Gasteiger partial charge < -0.3 is 15.4 Å². The van der Waals surface area contributed by atoms with Crippen LogP contribution in [0.4, 0.5) is 11.5 Å². The molecule has 0 bridgehead atoms. The highest BCUT2D eigenvalue weighted by atomic mass is 32.1. The number of esters is 1. The summed E-state index contributed by atoms with van der Waals surface area (Å²) in [7, 11) is 0. The highest BCUT2D eigenvalue weighted by Gasteiger charge is 2.19. The third kappa shape index (κ3) is 4.11. The Kier molecular flexibility index (Phi) is 6.01. The molecule has 3 rings (SSSR count). The number of hydrogen-bond donors (Lipinski definition) is 2. The molecule has 0 spiro atoms. The minimum absolute atomic E-state index is 0.300. The average Bonchev–Trinajstić information content (AvgIpc) is 3.00. The lowest BCUT2D eigenvalue weighted by atomic mass is 10.2. The SMILES string of the molecule is CCOC(=O)c1sc2ncnc(NCCCNc3ccccc3)c2c1C. The third-order valence-electron chi connectivity index (χ3n) is 3.94. The molecule has 0 saturated heterocycles. The van der Waals surface area contributed by atoms with Crippen LogP contribution in [0, 0.1) is 6.92 Å². The van der Waals surface area contributed by atoms with Gasteiger partial charge in [-0.3, -0.25) is 0 Å². The van der Waals surface area contributed by atoms with Gasteiger partial charge in [-0.15, -0.1) is 11.3 Å². The molecule has 2 aromatic heterocycles. The van der Waals surface area contributed by atoms with Crippen molar-refractivity contribution < 1.29 is 9.53 Å². The van der Waals surface area contributed by atoms with E-state index in [-0.39, 0.29) is 5.97 Å². The van der Waals surface area contributed by atoms with Crippen LogP contribution in [0.2, 0.25) is 0 Å². The summed E-state index contributed by atoms with van der Waals surface area (Å²) in [5.74, 6) is 0.463. The van der Waals surface area contributed by atoms with Crippen molar-refractivity contribution in [3.8, 4) is 0 Å². The number of anilines is 2. The number of carbonyl (C=O) groups is 1. The van der Waals surface area contributed by atoms with Gasteiger partial charge in [0.05, 0.1) is 12.0 Å². The fourth-order valence-corrected chi connectivity index (χ4v) is 3.72. The monoisotopic (exact) mass is 370 g/mol. The normalized spacial score (nSPS) is 10.7. The molecule has 0 radical (unpaired) electrons. The fourth-order valence-electron chi connectivity index (χ4n) is 2.68. The van der Waals surface area contributed by atoms with Crippen LogP contribution < -0.4 is 10.6 Å². The Balaban J connectivity index is 1.63. The summed E-state index contributed by atoms with van der Waals surface area (Å²) in [6, 6.07) is 10.1. The molecule has 0 aliphatic carbocycles. The number of para-hydroxylation sites is 1. The fraction of sp³-hybridized carbons (Fsp3) is 0.316. The van der Waals surface area contributed by atoms with Crippen molar-refractivity contribution in [2.45, 2.75) is 20.3 Å². The highest BCUT2D eigenvalue weighted by molar-refractivity contribution is 7.20. The Morgan fingerprint density at radius 1 is 1.15 bits per heavy atom. The largest absolute Gasteiger partial charge is 0.462 e. The Bertz CT molecular complexity index is 880. The molecule has 0 saturated carbocycles. The van der Waals surface area contributed by atoms with Gasteiger partial charge in [0.1, 0.15) is 21.9 Å². The maximum atomic E-state index is 12.1. The number of rotatable bonds is 8. The summed E-state index contributed by atoms with van der Waals surface area (Å²) in [6.45, 7) is 5.71. The Hall–Kier alpha value is -2.67. The van der Waals surface area contributed by atoms with E-state index in [1.54, 1.807) is 6.92 Å². The van der Waals surface area contributed by atoms with Crippen molar-refractivity contribution in [1.82, 2.24) is 9.97 Å². The standard InChI is InChI=1S/C19H22N4O2S/c1-3-25-19(24)16-13(2)15-17(22-12-23-18(15)26-16)21-11-7-10-20-14-8-5-4-6-9-14/h4-6,8-9,12,20H,3,7,10-11H2,1-2H3,(H,21,22,23). The number of carbonyl (C=O) groups excluding carboxylic acids is 1. The van der Waals surface area contributed by atoms with Crippen molar-refractivity contribution in [3.63, 3.8) is 0 Å². The second-order valence-electron chi connectivity index (χ2n) is 5.75. The predicted octanol–water partition coefficient (Wildman–Crippen LogP) is 4.09. The number of fused-ring (bicyclic) bond motifs is 1. The third-order valence-corrected chi connectivity index (χ3v) is 5.12. The lowest BCUT2D eigenvalue weighted by Gasteiger charge is -2.09. The Morgan fingerprint density at radius 2 is 1.92 bits per heavy atom. The quantitative estimate of drug-likeness (QED) is 0.459. The van der Waals surface area contributed by atoms with Gasteiger partial charge >= 0.3 is 5.97 Å². The van der Waals surface area contributed by atoms with Crippen LogP contribution in [0.25, 0.3) is 10.2 Å². The number of nitrogens with one attached hydrogen (secondary N) is 2. The minimum Gasteiger partial charge on any atom is -0.462 e. The number of nitrogens with zero attached hydrogens (tertiary/aromatic N) is 2. The molecule has 0 atom stereocenters. The van der Waals surface area contributed by atoms with E-state index < -0.39 is 0 Å². The van der Waals surface area contributed by atoms with E-state index in [1.807, 2.05) is 37.3 Å². The van der Waals surface area contributed by atoms with E-state index in [0.29, 0.717) is 11.5 Å². The molecule has 26 heavy (non-hydrogen) atoms. The van der Waals surface area contributed by atoms with Crippen LogP contribution in [-0.4, -0.2) is 35.6 Å². The maximum absolute atomic E-state index is 12.1. The molecule has 136 valence electrons. The van der Waals surface area contributed by atoms with Gasteiger partial charge in [-0.25, -0.2) is 14.8 Å². The van der Waals surface area contributed by atoms with E-state index in [2.05, 4.69) is 20.6 Å². The van der Waals surface area contributed by atoms with Crippen molar-refractivity contribution in [1.29, 1.82) is 0 Å². The maximum Gasteiger partial charge on any atom is 0.348 e. The Morgan fingerprint density at radius 3 is 2.69 bits per heavy atom. The van der Waals surface area contributed by atoms with Crippen LogP contribution in [-0.2, 0) is 4.74 Å². The van der Waals surface area contributed by atoms with Crippen LogP contribution in [0.3, 0.4) is 0 Å². The van der Waals surface area contributed by atoms with Gasteiger partial charge in [0, 0.05) is 18.8 Å². The van der Waals surface area contributed by atoms with Crippen molar-refractivity contribution >= 4 is 39.0 Å². The van der Waals surface area contributed by atoms with E-state index in [9.17, 15) is 4.79 Å². The molecular formula is C19H22N4O2S. The lowest BCUT2D eigenvalue weighted by molar-refractivity contribution is 0.0531. The molecule has 0 fully saturated rings. The van der Waals surface area contributed by atoms with Crippen LogP contribution in [0.5, 0.6) is 0 Å². The number of hydrogen-bond acceptors (Lipinski definition) is 7.